The highest BCUT2D eigenvalue weighted by Gasteiger charge is 2.16. The number of rotatable bonds is 3. The lowest BCUT2D eigenvalue weighted by Crippen LogP contribution is -2.14. The number of nitriles is 1. The van der Waals surface area contributed by atoms with Crippen molar-refractivity contribution in [2.24, 2.45) is 5.92 Å². The fraction of sp³-hybridized carbons (Fsp3) is 0.200. The van der Waals surface area contributed by atoms with Crippen LogP contribution in [0.3, 0.4) is 0 Å². The Balaban J connectivity index is 2.74. The molecule has 0 fully saturated rings. The van der Waals surface area contributed by atoms with E-state index in [0.717, 1.165) is 0 Å². The highest BCUT2D eigenvalue weighted by Crippen LogP contribution is 2.09. The maximum atomic E-state index is 12.5. The minimum absolute atomic E-state index is 0.103. The van der Waals surface area contributed by atoms with Gasteiger partial charge in [0.1, 0.15) is 11.7 Å². The predicted molar refractivity (Wildman–Crippen MR) is 46.8 cm³/mol. The van der Waals surface area contributed by atoms with Crippen LogP contribution in [0.1, 0.15) is 5.56 Å². The van der Waals surface area contributed by atoms with Crippen LogP contribution in [-0.4, -0.2) is 11.1 Å². The molecule has 1 aromatic rings. The van der Waals surface area contributed by atoms with Gasteiger partial charge >= 0.3 is 5.97 Å². The van der Waals surface area contributed by atoms with E-state index in [1.165, 1.54) is 24.3 Å². The number of benzene rings is 1. The topological polar surface area (TPSA) is 61.1 Å². The van der Waals surface area contributed by atoms with Crippen LogP contribution in [0.4, 0.5) is 4.39 Å². The lowest BCUT2D eigenvalue weighted by molar-refractivity contribution is -0.139. The number of nitrogens with zero attached hydrogens (tertiary/aromatic N) is 1. The van der Waals surface area contributed by atoms with Gasteiger partial charge in [0, 0.05) is 0 Å². The molecule has 0 heterocycles. The Labute approximate surface area is 80.4 Å². The molecule has 1 N–H and O–H groups in total. The molecule has 3 nitrogen and oxygen atoms in total. The van der Waals surface area contributed by atoms with E-state index in [4.69, 9.17) is 10.4 Å². The van der Waals surface area contributed by atoms with Crippen LogP contribution in [0.15, 0.2) is 24.3 Å². The SMILES string of the molecule is N#CC(Cc1ccc(F)cc1)C(=O)O. The molecular formula is C10H8FNO2. The van der Waals surface area contributed by atoms with Gasteiger partial charge in [0.05, 0.1) is 6.07 Å². The summed E-state index contributed by atoms with van der Waals surface area (Å²) in [5.74, 6) is -2.60. The summed E-state index contributed by atoms with van der Waals surface area (Å²) in [7, 11) is 0. The number of hydrogen-bond acceptors (Lipinski definition) is 2. The Morgan fingerprint density at radius 1 is 1.50 bits per heavy atom. The predicted octanol–water partition coefficient (Wildman–Crippen LogP) is 1.59. The Kier molecular flexibility index (Phi) is 3.19. The van der Waals surface area contributed by atoms with Crippen molar-refractivity contribution in [3.8, 4) is 6.07 Å². The standard InChI is InChI=1S/C10H8FNO2/c11-9-3-1-7(2-4-9)5-8(6-12)10(13)14/h1-4,8H,5H2,(H,13,14). The second kappa shape index (κ2) is 4.38. The van der Waals surface area contributed by atoms with Gasteiger partial charge < -0.3 is 5.11 Å². The van der Waals surface area contributed by atoms with Gasteiger partial charge in [-0.1, -0.05) is 12.1 Å². The minimum Gasteiger partial charge on any atom is -0.480 e. The second-order valence-electron chi connectivity index (χ2n) is 2.85. The van der Waals surface area contributed by atoms with E-state index in [9.17, 15) is 9.18 Å². The Morgan fingerprint density at radius 2 is 2.07 bits per heavy atom. The van der Waals surface area contributed by atoms with Crippen molar-refractivity contribution in [1.82, 2.24) is 0 Å². The van der Waals surface area contributed by atoms with Crippen molar-refractivity contribution < 1.29 is 14.3 Å². The molecule has 72 valence electrons. The summed E-state index contributed by atoms with van der Waals surface area (Å²) in [5.41, 5.74) is 0.639. The number of hydrogen-bond donors (Lipinski definition) is 1. The van der Waals surface area contributed by atoms with Gasteiger partial charge in [-0.05, 0) is 24.1 Å². The van der Waals surface area contributed by atoms with Gasteiger partial charge in [-0.2, -0.15) is 5.26 Å². The largest absolute Gasteiger partial charge is 0.480 e. The van der Waals surface area contributed by atoms with Crippen LogP contribution in [0, 0.1) is 23.1 Å². The zero-order valence-electron chi connectivity index (χ0n) is 7.27. The van der Waals surface area contributed by atoms with Crippen LogP contribution < -0.4 is 0 Å². The summed E-state index contributed by atoms with van der Waals surface area (Å²) in [6.07, 6.45) is 0.103. The Bertz CT molecular complexity index is 367. The summed E-state index contributed by atoms with van der Waals surface area (Å²) < 4.78 is 12.5. The van der Waals surface area contributed by atoms with Crippen LogP contribution >= 0.6 is 0 Å². The maximum Gasteiger partial charge on any atom is 0.321 e. The normalized spacial score (nSPS) is 11.7. The molecule has 1 aromatic carbocycles. The lowest BCUT2D eigenvalue weighted by Gasteiger charge is -2.03. The molecule has 4 heteroatoms. The van der Waals surface area contributed by atoms with E-state index < -0.39 is 11.9 Å². The molecule has 0 aliphatic carbocycles. The van der Waals surface area contributed by atoms with Crippen LogP contribution in [0.5, 0.6) is 0 Å². The minimum atomic E-state index is -1.16. The highest BCUT2D eigenvalue weighted by molar-refractivity contribution is 5.73. The third-order valence-corrected chi connectivity index (χ3v) is 1.81. The van der Waals surface area contributed by atoms with E-state index >= 15 is 0 Å². The number of halogens is 1. The first kappa shape index (κ1) is 10.2. The van der Waals surface area contributed by atoms with Gasteiger partial charge in [-0.3, -0.25) is 4.79 Å². The number of carboxylic acids is 1. The first-order valence-electron chi connectivity index (χ1n) is 4.00. The van der Waals surface area contributed by atoms with Crippen molar-refractivity contribution in [3.05, 3.63) is 35.6 Å². The molecule has 0 spiro atoms. The molecule has 0 saturated heterocycles. The molecule has 0 aromatic heterocycles. The van der Waals surface area contributed by atoms with E-state index in [1.807, 2.05) is 0 Å². The summed E-state index contributed by atoms with van der Waals surface area (Å²) in [4.78, 5) is 10.5. The van der Waals surface area contributed by atoms with Crippen LogP contribution in [0.2, 0.25) is 0 Å². The van der Waals surface area contributed by atoms with E-state index in [1.54, 1.807) is 6.07 Å². The van der Waals surface area contributed by atoms with Crippen LogP contribution in [-0.2, 0) is 11.2 Å². The number of aliphatic carboxylic acids is 1. The third-order valence-electron chi connectivity index (χ3n) is 1.81. The van der Waals surface area contributed by atoms with E-state index in [2.05, 4.69) is 0 Å². The highest BCUT2D eigenvalue weighted by atomic mass is 19.1. The summed E-state index contributed by atoms with van der Waals surface area (Å²) in [6, 6.07) is 7.10. The van der Waals surface area contributed by atoms with Crippen molar-refractivity contribution in [1.29, 1.82) is 5.26 Å². The number of carbonyl (C=O) groups is 1. The van der Waals surface area contributed by atoms with E-state index in [0.29, 0.717) is 5.56 Å². The van der Waals surface area contributed by atoms with Gasteiger partial charge in [0.15, 0.2) is 0 Å². The molecule has 0 aliphatic rings. The molecule has 1 unspecified atom stereocenters. The molecule has 1 atom stereocenters. The second-order valence-corrected chi connectivity index (χ2v) is 2.85. The van der Waals surface area contributed by atoms with Gasteiger partial charge in [-0.25, -0.2) is 4.39 Å². The van der Waals surface area contributed by atoms with Crippen molar-refractivity contribution in [2.45, 2.75) is 6.42 Å². The van der Waals surface area contributed by atoms with Gasteiger partial charge in [0.2, 0.25) is 0 Å². The quantitative estimate of drug-likeness (QED) is 0.792. The zero-order chi connectivity index (χ0) is 10.6. The summed E-state index contributed by atoms with van der Waals surface area (Å²) in [6.45, 7) is 0. The van der Waals surface area contributed by atoms with Crippen molar-refractivity contribution in [3.63, 3.8) is 0 Å². The Morgan fingerprint density at radius 3 is 2.50 bits per heavy atom. The molecule has 1 rings (SSSR count). The molecule has 0 amide bonds. The molecule has 14 heavy (non-hydrogen) atoms. The number of carboxylic acid groups (broad SMARTS) is 1. The first-order valence-corrected chi connectivity index (χ1v) is 4.00. The molecule has 0 saturated carbocycles. The molecule has 0 radical (unpaired) electrons. The van der Waals surface area contributed by atoms with Gasteiger partial charge in [0.25, 0.3) is 0 Å². The Hall–Kier alpha value is -1.89. The fourth-order valence-corrected chi connectivity index (χ4v) is 1.04. The molecule has 0 aliphatic heterocycles. The fourth-order valence-electron chi connectivity index (χ4n) is 1.04. The average Bonchev–Trinajstić information content (AvgIpc) is 2.16. The van der Waals surface area contributed by atoms with E-state index in [-0.39, 0.29) is 12.2 Å². The average molecular weight is 193 g/mol. The summed E-state index contributed by atoms with van der Waals surface area (Å²) >= 11 is 0. The lowest BCUT2D eigenvalue weighted by atomic mass is 10.0. The zero-order valence-corrected chi connectivity index (χ0v) is 7.27. The molecular weight excluding hydrogens is 185 g/mol. The van der Waals surface area contributed by atoms with Gasteiger partial charge in [-0.15, -0.1) is 0 Å². The molecule has 0 bridgehead atoms. The third kappa shape index (κ3) is 2.56. The van der Waals surface area contributed by atoms with Crippen LogP contribution in [0.25, 0.3) is 0 Å². The monoisotopic (exact) mass is 193 g/mol. The summed E-state index contributed by atoms with van der Waals surface area (Å²) in [5, 5.41) is 17.1. The maximum absolute atomic E-state index is 12.5. The van der Waals surface area contributed by atoms with Crippen molar-refractivity contribution >= 4 is 5.97 Å². The smallest absolute Gasteiger partial charge is 0.321 e. The van der Waals surface area contributed by atoms with Crippen molar-refractivity contribution in [2.75, 3.05) is 0 Å². The first-order chi connectivity index (χ1) is 6.63.